The highest BCUT2D eigenvalue weighted by atomic mass is 19.1. The molecule has 0 N–H and O–H groups in total. The lowest BCUT2D eigenvalue weighted by atomic mass is 10.1. The van der Waals surface area contributed by atoms with E-state index in [2.05, 4.69) is 28.8 Å². The van der Waals surface area contributed by atoms with E-state index in [1.165, 1.54) is 12.1 Å². The van der Waals surface area contributed by atoms with E-state index in [1.54, 1.807) is 41.0 Å². The molecule has 6 nitrogen and oxygen atoms in total. The van der Waals surface area contributed by atoms with Crippen LogP contribution in [0.25, 0.3) is 5.65 Å². The molecule has 1 amide bonds. The summed E-state index contributed by atoms with van der Waals surface area (Å²) in [6.07, 6.45) is 5.27. The van der Waals surface area contributed by atoms with Gasteiger partial charge in [-0.15, -0.1) is 0 Å². The number of amides is 1. The van der Waals surface area contributed by atoms with Crippen molar-refractivity contribution in [1.29, 1.82) is 0 Å². The number of benzene rings is 1. The summed E-state index contributed by atoms with van der Waals surface area (Å²) < 4.78 is 14.8. The molecule has 0 saturated carbocycles. The highest BCUT2D eigenvalue weighted by Gasteiger charge is 2.23. The Kier molecular flexibility index (Phi) is 6.04. The van der Waals surface area contributed by atoms with Gasteiger partial charge < -0.3 is 4.90 Å². The van der Waals surface area contributed by atoms with E-state index in [0.717, 1.165) is 30.8 Å². The van der Waals surface area contributed by atoms with Crippen molar-refractivity contribution in [2.24, 2.45) is 0 Å². The van der Waals surface area contributed by atoms with Crippen molar-refractivity contribution in [2.75, 3.05) is 20.1 Å². The lowest BCUT2D eigenvalue weighted by Gasteiger charge is -2.25. The fourth-order valence-corrected chi connectivity index (χ4v) is 3.18. The fourth-order valence-electron chi connectivity index (χ4n) is 3.18. The van der Waals surface area contributed by atoms with Gasteiger partial charge in [-0.1, -0.05) is 26.0 Å². The van der Waals surface area contributed by atoms with Gasteiger partial charge in [0.15, 0.2) is 5.65 Å². The summed E-state index contributed by atoms with van der Waals surface area (Å²) in [5.41, 5.74) is 2.90. The summed E-state index contributed by atoms with van der Waals surface area (Å²) in [6, 6.07) is 5.98. The molecular weight excluding hydrogens is 357 g/mol. The number of carbonyl (C=O) groups excluding carboxylic acids is 1. The number of aromatic nitrogens is 3. The van der Waals surface area contributed by atoms with Crippen molar-refractivity contribution < 1.29 is 9.18 Å². The molecule has 0 fully saturated rings. The van der Waals surface area contributed by atoms with Crippen LogP contribution in [0, 0.1) is 5.82 Å². The molecule has 7 heteroatoms. The van der Waals surface area contributed by atoms with E-state index in [4.69, 9.17) is 0 Å². The highest BCUT2D eigenvalue weighted by Crippen LogP contribution is 2.22. The molecule has 0 radical (unpaired) electrons. The van der Waals surface area contributed by atoms with Gasteiger partial charge in [0.25, 0.3) is 5.91 Å². The van der Waals surface area contributed by atoms with Crippen LogP contribution in [0.2, 0.25) is 0 Å². The standard InChI is InChI=1S/C21H26FN5O/c1-5-26(6-2)13-16-11-23-20-19(12-24-27(20)14-16)21(28)25(4)15(3)17-7-9-18(22)10-8-17/h7-12,14-15H,5-6,13H2,1-4H3. The van der Waals surface area contributed by atoms with Gasteiger partial charge in [-0.25, -0.2) is 13.9 Å². The van der Waals surface area contributed by atoms with Crippen LogP contribution < -0.4 is 0 Å². The minimum absolute atomic E-state index is 0.171. The van der Waals surface area contributed by atoms with Gasteiger partial charge in [-0.05, 0) is 37.7 Å². The molecule has 0 aliphatic heterocycles. The second-order valence-electron chi connectivity index (χ2n) is 6.89. The Morgan fingerprint density at radius 3 is 2.50 bits per heavy atom. The van der Waals surface area contributed by atoms with Gasteiger partial charge >= 0.3 is 0 Å². The van der Waals surface area contributed by atoms with E-state index in [-0.39, 0.29) is 17.8 Å². The second kappa shape index (κ2) is 8.48. The average Bonchev–Trinajstić information content (AvgIpc) is 3.14. The molecule has 2 heterocycles. The zero-order valence-corrected chi connectivity index (χ0v) is 16.8. The summed E-state index contributed by atoms with van der Waals surface area (Å²) >= 11 is 0. The van der Waals surface area contributed by atoms with E-state index in [1.807, 2.05) is 13.1 Å². The third-order valence-electron chi connectivity index (χ3n) is 5.19. The first kappa shape index (κ1) is 19.9. The van der Waals surface area contributed by atoms with Crippen LogP contribution in [0.3, 0.4) is 0 Å². The number of nitrogens with zero attached hydrogens (tertiary/aromatic N) is 5. The van der Waals surface area contributed by atoms with Gasteiger partial charge in [0.1, 0.15) is 11.4 Å². The van der Waals surface area contributed by atoms with E-state index in [0.29, 0.717) is 11.2 Å². The smallest absolute Gasteiger partial charge is 0.259 e. The lowest BCUT2D eigenvalue weighted by Crippen LogP contribution is -2.29. The van der Waals surface area contributed by atoms with Crippen molar-refractivity contribution in [2.45, 2.75) is 33.4 Å². The van der Waals surface area contributed by atoms with Crippen LogP contribution in [0.1, 0.15) is 48.3 Å². The molecule has 1 atom stereocenters. The van der Waals surface area contributed by atoms with Crippen molar-refractivity contribution in [1.82, 2.24) is 24.4 Å². The van der Waals surface area contributed by atoms with Gasteiger partial charge in [0, 0.05) is 31.5 Å². The number of carbonyl (C=O) groups is 1. The Morgan fingerprint density at radius 1 is 1.18 bits per heavy atom. The third kappa shape index (κ3) is 4.04. The molecule has 0 saturated heterocycles. The predicted octanol–water partition coefficient (Wildman–Crippen LogP) is 3.54. The maximum atomic E-state index is 13.2. The first-order valence-corrected chi connectivity index (χ1v) is 9.51. The summed E-state index contributed by atoms with van der Waals surface area (Å²) in [5, 5.41) is 4.32. The molecule has 0 spiro atoms. The molecule has 1 aromatic carbocycles. The molecule has 3 aromatic rings. The van der Waals surface area contributed by atoms with Crippen LogP contribution >= 0.6 is 0 Å². The van der Waals surface area contributed by atoms with E-state index in [9.17, 15) is 9.18 Å². The van der Waals surface area contributed by atoms with Gasteiger partial charge in [0.05, 0.1) is 12.2 Å². The van der Waals surface area contributed by atoms with Crippen LogP contribution in [-0.2, 0) is 6.54 Å². The molecular formula is C21H26FN5O. The monoisotopic (exact) mass is 383 g/mol. The Morgan fingerprint density at radius 2 is 1.86 bits per heavy atom. The normalized spacial score (nSPS) is 12.5. The summed E-state index contributed by atoms with van der Waals surface area (Å²) in [7, 11) is 1.73. The van der Waals surface area contributed by atoms with Crippen LogP contribution in [0.15, 0.2) is 42.9 Å². The molecule has 0 aliphatic carbocycles. The molecule has 0 bridgehead atoms. The van der Waals surface area contributed by atoms with Crippen LogP contribution in [0.5, 0.6) is 0 Å². The topological polar surface area (TPSA) is 53.7 Å². The largest absolute Gasteiger partial charge is 0.335 e. The summed E-state index contributed by atoms with van der Waals surface area (Å²) in [6.45, 7) is 8.87. The van der Waals surface area contributed by atoms with E-state index < -0.39 is 0 Å². The minimum atomic E-state index is -0.294. The molecule has 2 aromatic heterocycles. The Labute approximate surface area is 164 Å². The second-order valence-corrected chi connectivity index (χ2v) is 6.89. The zero-order valence-electron chi connectivity index (χ0n) is 16.8. The zero-order chi connectivity index (χ0) is 20.3. The molecule has 1 unspecified atom stereocenters. The molecule has 148 valence electrons. The lowest BCUT2D eigenvalue weighted by molar-refractivity contribution is 0.0744. The van der Waals surface area contributed by atoms with Crippen molar-refractivity contribution in [3.63, 3.8) is 0 Å². The maximum Gasteiger partial charge on any atom is 0.259 e. The van der Waals surface area contributed by atoms with E-state index >= 15 is 0 Å². The molecule has 0 aliphatic rings. The fraction of sp³-hybridized carbons (Fsp3) is 0.381. The minimum Gasteiger partial charge on any atom is -0.335 e. The third-order valence-corrected chi connectivity index (χ3v) is 5.19. The number of rotatable bonds is 7. The quantitative estimate of drug-likeness (QED) is 0.626. The predicted molar refractivity (Wildman–Crippen MR) is 107 cm³/mol. The molecule has 28 heavy (non-hydrogen) atoms. The van der Waals surface area contributed by atoms with Crippen LogP contribution in [-0.4, -0.2) is 50.4 Å². The highest BCUT2D eigenvalue weighted by molar-refractivity contribution is 5.99. The maximum absolute atomic E-state index is 13.2. The summed E-state index contributed by atoms with van der Waals surface area (Å²) in [4.78, 5) is 21.4. The first-order valence-electron chi connectivity index (χ1n) is 9.51. The first-order chi connectivity index (χ1) is 13.4. The van der Waals surface area contributed by atoms with Crippen molar-refractivity contribution >= 4 is 11.6 Å². The number of hydrogen-bond donors (Lipinski definition) is 0. The molecule has 3 rings (SSSR count). The average molecular weight is 383 g/mol. The number of fused-ring (bicyclic) bond motifs is 1. The van der Waals surface area contributed by atoms with Crippen LogP contribution in [0.4, 0.5) is 4.39 Å². The van der Waals surface area contributed by atoms with Gasteiger partial charge in [0.2, 0.25) is 0 Å². The number of halogens is 1. The van der Waals surface area contributed by atoms with Crippen molar-refractivity contribution in [3.8, 4) is 0 Å². The van der Waals surface area contributed by atoms with Gasteiger partial charge in [-0.3, -0.25) is 9.69 Å². The Hall–Kier alpha value is -2.80. The SMILES string of the molecule is CCN(CC)Cc1cnc2c(C(=O)N(C)C(C)c3ccc(F)cc3)cnn2c1. The van der Waals surface area contributed by atoms with Crippen molar-refractivity contribution in [3.05, 3.63) is 65.4 Å². The van der Waals surface area contributed by atoms with Gasteiger partial charge in [-0.2, -0.15) is 5.10 Å². The number of hydrogen-bond acceptors (Lipinski definition) is 4. The Bertz CT molecular complexity index is 949. The Balaban J connectivity index is 1.82. The summed E-state index contributed by atoms with van der Waals surface area (Å²) in [5.74, 6) is -0.465.